The van der Waals surface area contributed by atoms with E-state index in [9.17, 15) is 4.79 Å². The summed E-state index contributed by atoms with van der Waals surface area (Å²) in [5.74, 6) is 1.99. The molecule has 4 rings (SSSR count). The molecule has 6 nitrogen and oxygen atoms in total. The monoisotopic (exact) mass is 323 g/mol. The van der Waals surface area contributed by atoms with E-state index in [1.807, 2.05) is 19.2 Å². The first kappa shape index (κ1) is 14.9. The van der Waals surface area contributed by atoms with Gasteiger partial charge in [-0.3, -0.25) is 9.89 Å². The lowest BCUT2D eigenvalue weighted by atomic mass is 10.1. The number of para-hydroxylation sites is 1. The van der Waals surface area contributed by atoms with Gasteiger partial charge >= 0.3 is 0 Å². The Bertz CT molecular complexity index is 875. The molecule has 1 aliphatic rings. The Hall–Kier alpha value is -2.63. The quantitative estimate of drug-likeness (QED) is 0.729. The number of H-pyrrole nitrogens is 1. The molecule has 0 radical (unpaired) electrons. The van der Waals surface area contributed by atoms with Gasteiger partial charge in [-0.1, -0.05) is 18.2 Å². The number of nitrogens with one attached hydrogen (secondary N) is 2. The molecule has 2 aromatic heterocycles. The van der Waals surface area contributed by atoms with Crippen LogP contribution in [0.25, 0.3) is 10.9 Å². The van der Waals surface area contributed by atoms with Crippen molar-refractivity contribution in [1.82, 2.24) is 25.1 Å². The normalized spacial score (nSPS) is 14.2. The van der Waals surface area contributed by atoms with E-state index in [1.165, 1.54) is 16.5 Å². The van der Waals surface area contributed by atoms with Crippen molar-refractivity contribution in [1.29, 1.82) is 0 Å². The van der Waals surface area contributed by atoms with E-state index in [0.717, 1.165) is 25.1 Å². The van der Waals surface area contributed by atoms with E-state index in [4.69, 9.17) is 0 Å². The maximum atomic E-state index is 12.1. The maximum absolute atomic E-state index is 12.1. The van der Waals surface area contributed by atoms with Crippen LogP contribution in [0.3, 0.4) is 0 Å². The number of amides is 1. The lowest BCUT2D eigenvalue weighted by molar-refractivity contribution is -0.120. The zero-order valence-electron chi connectivity index (χ0n) is 13.7. The molecule has 1 aliphatic carbocycles. The van der Waals surface area contributed by atoms with Gasteiger partial charge in [0.15, 0.2) is 5.82 Å². The summed E-state index contributed by atoms with van der Waals surface area (Å²) >= 11 is 0. The Balaban J connectivity index is 1.32. The smallest absolute Gasteiger partial charge is 0.227 e. The van der Waals surface area contributed by atoms with Crippen LogP contribution in [0.15, 0.2) is 30.5 Å². The highest BCUT2D eigenvalue weighted by atomic mass is 16.1. The molecule has 2 N–H and O–H groups in total. The summed E-state index contributed by atoms with van der Waals surface area (Å²) in [7, 11) is 2.05. The predicted octanol–water partition coefficient (Wildman–Crippen LogP) is 2.08. The number of fused-ring (bicyclic) bond motifs is 1. The van der Waals surface area contributed by atoms with Gasteiger partial charge in [0.2, 0.25) is 5.91 Å². The van der Waals surface area contributed by atoms with Crippen LogP contribution in [-0.4, -0.2) is 32.2 Å². The first-order valence-electron chi connectivity index (χ1n) is 8.41. The Kier molecular flexibility index (Phi) is 3.80. The van der Waals surface area contributed by atoms with Crippen LogP contribution in [0, 0.1) is 0 Å². The number of aryl methyl sites for hydroxylation is 1. The number of nitrogens with zero attached hydrogens (tertiary/aromatic N) is 3. The molecule has 3 aromatic rings. The fourth-order valence-corrected chi connectivity index (χ4v) is 3.09. The first-order chi connectivity index (χ1) is 11.7. The molecule has 0 aliphatic heterocycles. The van der Waals surface area contributed by atoms with Gasteiger partial charge in [-0.25, -0.2) is 4.98 Å². The number of carbonyl (C=O) groups excluding carboxylic acids is 1. The molecule has 0 saturated heterocycles. The van der Waals surface area contributed by atoms with Crippen LogP contribution in [-0.2, 0) is 24.7 Å². The lowest BCUT2D eigenvalue weighted by Crippen LogP contribution is -2.27. The molecule has 1 amide bonds. The van der Waals surface area contributed by atoms with E-state index in [2.05, 4.69) is 43.4 Å². The SMILES string of the molecule is Cn1cc(CCNC(=O)Cc2nc(C3CC3)n[nH]2)c2ccccc21. The fraction of sp³-hybridized carbons (Fsp3) is 0.389. The molecule has 1 fully saturated rings. The molecule has 0 spiro atoms. The summed E-state index contributed by atoms with van der Waals surface area (Å²) in [4.78, 5) is 16.5. The second-order valence-corrected chi connectivity index (χ2v) is 6.47. The zero-order chi connectivity index (χ0) is 16.5. The molecule has 6 heteroatoms. The van der Waals surface area contributed by atoms with Crippen LogP contribution < -0.4 is 5.32 Å². The summed E-state index contributed by atoms with van der Waals surface area (Å²) in [6, 6.07) is 8.33. The van der Waals surface area contributed by atoms with E-state index in [-0.39, 0.29) is 12.3 Å². The minimum absolute atomic E-state index is 0.0197. The molecule has 0 atom stereocenters. The van der Waals surface area contributed by atoms with Gasteiger partial charge in [0, 0.05) is 36.6 Å². The van der Waals surface area contributed by atoms with Gasteiger partial charge in [0.25, 0.3) is 0 Å². The molecular formula is C18H21N5O. The minimum atomic E-state index is -0.0197. The van der Waals surface area contributed by atoms with Gasteiger partial charge in [0.05, 0.1) is 6.42 Å². The number of hydrogen-bond donors (Lipinski definition) is 2. The highest BCUT2D eigenvalue weighted by Gasteiger charge is 2.27. The van der Waals surface area contributed by atoms with Crippen LogP contribution in [0.5, 0.6) is 0 Å². The number of aromatic nitrogens is 4. The summed E-state index contributed by atoms with van der Waals surface area (Å²) in [5, 5.41) is 11.3. The molecule has 2 heterocycles. The summed E-state index contributed by atoms with van der Waals surface area (Å²) < 4.78 is 2.13. The van der Waals surface area contributed by atoms with E-state index in [1.54, 1.807) is 0 Å². The standard InChI is InChI=1S/C18H21N5O/c1-23-11-13(14-4-2-3-5-15(14)23)8-9-19-17(24)10-16-20-18(22-21-16)12-6-7-12/h2-5,11-12H,6-10H2,1H3,(H,19,24)(H,20,21,22). The zero-order valence-corrected chi connectivity index (χ0v) is 13.7. The van der Waals surface area contributed by atoms with Gasteiger partial charge in [0.1, 0.15) is 5.82 Å². The van der Waals surface area contributed by atoms with Crippen molar-refractivity contribution in [2.24, 2.45) is 7.05 Å². The van der Waals surface area contributed by atoms with Gasteiger partial charge in [-0.05, 0) is 30.9 Å². The number of rotatable bonds is 6. The van der Waals surface area contributed by atoms with E-state index >= 15 is 0 Å². The number of aromatic amines is 1. The summed E-state index contributed by atoms with van der Waals surface area (Å²) in [6.45, 7) is 0.621. The Morgan fingerprint density at radius 2 is 2.21 bits per heavy atom. The minimum Gasteiger partial charge on any atom is -0.355 e. The van der Waals surface area contributed by atoms with E-state index < -0.39 is 0 Å². The second-order valence-electron chi connectivity index (χ2n) is 6.47. The van der Waals surface area contributed by atoms with Crippen molar-refractivity contribution in [3.63, 3.8) is 0 Å². The van der Waals surface area contributed by atoms with Crippen molar-refractivity contribution in [2.75, 3.05) is 6.54 Å². The fourth-order valence-electron chi connectivity index (χ4n) is 3.09. The summed E-state index contributed by atoms with van der Waals surface area (Å²) in [6.07, 6.45) is 5.53. The average molecular weight is 323 g/mol. The highest BCUT2D eigenvalue weighted by molar-refractivity contribution is 5.84. The van der Waals surface area contributed by atoms with Gasteiger partial charge < -0.3 is 9.88 Å². The van der Waals surface area contributed by atoms with Crippen molar-refractivity contribution in [2.45, 2.75) is 31.6 Å². The molecule has 1 saturated carbocycles. The van der Waals surface area contributed by atoms with Crippen LogP contribution in [0.1, 0.15) is 36.0 Å². The summed E-state index contributed by atoms with van der Waals surface area (Å²) in [5.41, 5.74) is 2.47. The topological polar surface area (TPSA) is 75.6 Å². The number of carbonyl (C=O) groups is 1. The largest absolute Gasteiger partial charge is 0.355 e. The Morgan fingerprint density at radius 3 is 3.04 bits per heavy atom. The second kappa shape index (κ2) is 6.11. The molecule has 24 heavy (non-hydrogen) atoms. The third kappa shape index (κ3) is 3.04. The third-order valence-electron chi connectivity index (χ3n) is 4.52. The number of benzene rings is 1. The third-order valence-corrected chi connectivity index (χ3v) is 4.52. The van der Waals surface area contributed by atoms with Crippen molar-refractivity contribution in [3.05, 3.63) is 47.7 Å². The molecular weight excluding hydrogens is 302 g/mol. The van der Waals surface area contributed by atoms with Gasteiger partial charge in [-0.15, -0.1) is 0 Å². The highest BCUT2D eigenvalue weighted by Crippen LogP contribution is 2.37. The van der Waals surface area contributed by atoms with Crippen molar-refractivity contribution < 1.29 is 4.79 Å². The maximum Gasteiger partial charge on any atom is 0.227 e. The lowest BCUT2D eigenvalue weighted by Gasteiger charge is -2.03. The first-order valence-corrected chi connectivity index (χ1v) is 8.41. The van der Waals surface area contributed by atoms with Gasteiger partial charge in [-0.2, -0.15) is 5.10 Å². The molecule has 1 aromatic carbocycles. The Labute approximate surface area is 140 Å². The van der Waals surface area contributed by atoms with E-state index in [0.29, 0.717) is 18.3 Å². The molecule has 124 valence electrons. The molecule has 0 unspecified atom stereocenters. The van der Waals surface area contributed by atoms with Crippen LogP contribution >= 0.6 is 0 Å². The number of hydrogen-bond acceptors (Lipinski definition) is 3. The predicted molar refractivity (Wildman–Crippen MR) is 91.7 cm³/mol. The Morgan fingerprint density at radius 1 is 1.38 bits per heavy atom. The molecule has 0 bridgehead atoms. The average Bonchev–Trinajstić information content (AvgIpc) is 3.25. The van der Waals surface area contributed by atoms with Crippen LogP contribution in [0.2, 0.25) is 0 Å². The van der Waals surface area contributed by atoms with Crippen LogP contribution in [0.4, 0.5) is 0 Å². The van der Waals surface area contributed by atoms with Crippen molar-refractivity contribution in [3.8, 4) is 0 Å². The van der Waals surface area contributed by atoms with Crippen molar-refractivity contribution >= 4 is 16.8 Å².